The molecule has 0 aromatic rings. The second-order valence-electron chi connectivity index (χ2n) is 5.47. The van der Waals surface area contributed by atoms with Crippen molar-refractivity contribution in [1.29, 1.82) is 0 Å². The number of carbonyl (C=O) groups excluding carboxylic acids is 1. The fourth-order valence-electron chi connectivity index (χ4n) is 3.03. The van der Waals surface area contributed by atoms with Crippen LogP contribution in [0.25, 0.3) is 0 Å². The van der Waals surface area contributed by atoms with Gasteiger partial charge in [-0.1, -0.05) is 12.8 Å². The van der Waals surface area contributed by atoms with Crippen LogP contribution in [-0.4, -0.2) is 31.2 Å². The number of hydrogen-bond donors (Lipinski definition) is 2. The largest absolute Gasteiger partial charge is 0.378 e. The lowest BCUT2D eigenvalue weighted by atomic mass is 9.96. The number of hydrogen-bond acceptors (Lipinski definition) is 3. The molecule has 98 valence electrons. The van der Waals surface area contributed by atoms with Crippen LogP contribution in [0.3, 0.4) is 0 Å². The molecule has 3 N–H and O–H groups in total. The van der Waals surface area contributed by atoms with Crippen molar-refractivity contribution in [3.05, 3.63) is 0 Å². The van der Waals surface area contributed by atoms with E-state index in [1.165, 1.54) is 25.7 Å². The zero-order valence-corrected chi connectivity index (χ0v) is 10.7. The molecule has 0 aromatic heterocycles. The van der Waals surface area contributed by atoms with Gasteiger partial charge in [-0.3, -0.25) is 4.79 Å². The molecule has 2 rings (SSSR count). The highest BCUT2D eigenvalue weighted by Gasteiger charge is 2.31. The molecule has 1 saturated heterocycles. The summed E-state index contributed by atoms with van der Waals surface area (Å²) < 4.78 is 5.44. The minimum atomic E-state index is 0.0282. The maximum atomic E-state index is 12.1. The van der Waals surface area contributed by atoms with Crippen molar-refractivity contribution in [3.63, 3.8) is 0 Å². The monoisotopic (exact) mass is 240 g/mol. The smallest absolute Gasteiger partial charge is 0.225 e. The lowest BCUT2D eigenvalue weighted by molar-refractivity contribution is -0.126. The Morgan fingerprint density at radius 2 is 2.18 bits per heavy atom. The van der Waals surface area contributed by atoms with Crippen molar-refractivity contribution in [3.8, 4) is 0 Å². The van der Waals surface area contributed by atoms with Crippen molar-refractivity contribution in [2.75, 3.05) is 13.2 Å². The molecule has 1 heterocycles. The Labute approximate surface area is 103 Å². The summed E-state index contributed by atoms with van der Waals surface area (Å²) in [6, 6.07) is 0.168. The van der Waals surface area contributed by atoms with E-state index in [4.69, 9.17) is 10.5 Å². The van der Waals surface area contributed by atoms with E-state index >= 15 is 0 Å². The lowest BCUT2D eigenvalue weighted by Crippen LogP contribution is -2.47. The molecule has 3 atom stereocenters. The molecule has 4 heteroatoms. The van der Waals surface area contributed by atoms with Gasteiger partial charge in [0.05, 0.1) is 18.6 Å². The molecular weight excluding hydrogens is 216 g/mol. The zero-order valence-electron chi connectivity index (χ0n) is 10.7. The van der Waals surface area contributed by atoms with Crippen molar-refractivity contribution in [2.45, 2.75) is 51.2 Å². The van der Waals surface area contributed by atoms with Gasteiger partial charge in [0.2, 0.25) is 5.91 Å². The molecule has 1 saturated carbocycles. The molecular formula is C13H24N2O2. The van der Waals surface area contributed by atoms with E-state index in [-0.39, 0.29) is 24.0 Å². The fraction of sp³-hybridized carbons (Fsp3) is 0.923. The quantitative estimate of drug-likeness (QED) is 0.772. The van der Waals surface area contributed by atoms with Crippen molar-refractivity contribution in [1.82, 2.24) is 5.32 Å². The molecule has 3 unspecified atom stereocenters. The highest BCUT2D eigenvalue weighted by atomic mass is 16.5. The standard InChI is InChI=1S/C13H24N2O2/c1-9-6-11(8-17-9)13(16)15-12(7-14)10-4-2-3-5-10/h9-12H,2-8,14H2,1H3,(H,15,16). The third-order valence-corrected chi connectivity index (χ3v) is 4.12. The van der Waals surface area contributed by atoms with Crippen LogP contribution in [0.2, 0.25) is 0 Å². The molecule has 1 amide bonds. The lowest BCUT2D eigenvalue weighted by Gasteiger charge is -2.24. The summed E-state index contributed by atoms with van der Waals surface area (Å²) in [5.74, 6) is 0.751. The van der Waals surface area contributed by atoms with Gasteiger partial charge < -0.3 is 15.8 Å². The average molecular weight is 240 g/mol. The second-order valence-corrected chi connectivity index (χ2v) is 5.47. The van der Waals surface area contributed by atoms with E-state index < -0.39 is 0 Å². The number of nitrogens with two attached hydrogens (primary N) is 1. The molecule has 4 nitrogen and oxygen atoms in total. The minimum absolute atomic E-state index is 0.0282. The molecule has 2 fully saturated rings. The molecule has 0 spiro atoms. The van der Waals surface area contributed by atoms with Crippen LogP contribution in [0, 0.1) is 11.8 Å². The molecule has 0 radical (unpaired) electrons. The van der Waals surface area contributed by atoms with Gasteiger partial charge in [-0.15, -0.1) is 0 Å². The van der Waals surface area contributed by atoms with Gasteiger partial charge in [-0.2, -0.15) is 0 Å². The normalized spacial score (nSPS) is 31.6. The van der Waals surface area contributed by atoms with Crippen LogP contribution >= 0.6 is 0 Å². The summed E-state index contributed by atoms with van der Waals surface area (Å²) in [5.41, 5.74) is 5.78. The molecule has 0 aromatic carbocycles. The molecule has 2 aliphatic rings. The van der Waals surface area contributed by atoms with Gasteiger partial charge in [0.1, 0.15) is 0 Å². The average Bonchev–Trinajstić information content (AvgIpc) is 2.96. The van der Waals surface area contributed by atoms with Gasteiger partial charge in [-0.25, -0.2) is 0 Å². The summed E-state index contributed by atoms with van der Waals surface area (Å²) in [6.45, 7) is 3.14. The Morgan fingerprint density at radius 1 is 1.47 bits per heavy atom. The Balaban J connectivity index is 1.83. The van der Waals surface area contributed by atoms with Crippen molar-refractivity contribution < 1.29 is 9.53 Å². The number of ether oxygens (including phenoxy) is 1. The van der Waals surface area contributed by atoms with Crippen LogP contribution in [0.5, 0.6) is 0 Å². The molecule has 17 heavy (non-hydrogen) atoms. The Morgan fingerprint density at radius 3 is 2.71 bits per heavy atom. The topological polar surface area (TPSA) is 64.4 Å². The third kappa shape index (κ3) is 3.19. The van der Waals surface area contributed by atoms with Crippen LogP contribution in [-0.2, 0) is 9.53 Å². The summed E-state index contributed by atoms with van der Waals surface area (Å²) in [4.78, 5) is 12.1. The number of amides is 1. The maximum Gasteiger partial charge on any atom is 0.225 e. The first-order valence-electron chi connectivity index (χ1n) is 6.82. The summed E-state index contributed by atoms with van der Waals surface area (Å²) >= 11 is 0. The predicted octanol–water partition coefficient (Wildman–Crippen LogP) is 1.05. The highest BCUT2D eigenvalue weighted by molar-refractivity contribution is 5.79. The van der Waals surface area contributed by atoms with E-state index in [0.29, 0.717) is 19.1 Å². The van der Waals surface area contributed by atoms with E-state index in [1.807, 2.05) is 6.92 Å². The van der Waals surface area contributed by atoms with E-state index in [2.05, 4.69) is 5.32 Å². The van der Waals surface area contributed by atoms with Gasteiger partial charge in [0, 0.05) is 12.6 Å². The third-order valence-electron chi connectivity index (χ3n) is 4.12. The Hall–Kier alpha value is -0.610. The van der Waals surface area contributed by atoms with Gasteiger partial charge >= 0.3 is 0 Å². The van der Waals surface area contributed by atoms with E-state index in [0.717, 1.165) is 6.42 Å². The highest BCUT2D eigenvalue weighted by Crippen LogP contribution is 2.28. The van der Waals surface area contributed by atoms with Gasteiger partial charge in [-0.05, 0) is 32.1 Å². The van der Waals surface area contributed by atoms with Crippen LogP contribution in [0.4, 0.5) is 0 Å². The summed E-state index contributed by atoms with van der Waals surface area (Å²) in [7, 11) is 0. The predicted molar refractivity (Wildman–Crippen MR) is 66.5 cm³/mol. The number of carbonyl (C=O) groups is 1. The summed E-state index contributed by atoms with van der Waals surface area (Å²) in [6.07, 6.45) is 6.03. The Bertz CT molecular complexity index is 264. The van der Waals surface area contributed by atoms with Gasteiger partial charge in [0.25, 0.3) is 0 Å². The molecule has 1 aliphatic heterocycles. The van der Waals surface area contributed by atoms with Crippen molar-refractivity contribution in [2.24, 2.45) is 17.6 Å². The summed E-state index contributed by atoms with van der Waals surface area (Å²) in [5, 5.41) is 3.13. The van der Waals surface area contributed by atoms with E-state index in [1.54, 1.807) is 0 Å². The first kappa shape index (κ1) is 12.8. The first-order chi connectivity index (χ1) is 8.20. The minimum Gasteiger partial charge on any atom is -0.378 e. The molecule has 1 aliphatic carbocycles. The SMILES string of the molecule is CC1CC(C(=O)NC(CN)C2CCCC2)CO1. The first-order valence-corrected chi connectivity index (χ1v) is 6.82. The number of rotatable bonds is 4. The maximum absolute atomic E-state index is 12.1. The Kier molecular flexibility index (Phi) is 4.40. The van der Waals surface area contributed by atoms with Crippen LogP contribution in [0.15, 0.2) is 0 Å². The van der Waals surface area contributed by atoms with Gasteiger partial charge in [0.15, 0.2) is 0 Å². The van der Waals surface area contributed by atoms with Crippen LogP contribution in [0.1, 0.15) is 39.0 Å². The zero-order chi connectivity index (χ0) is 12.3. The van der Waals surface area contributed by atoms with E-state index in [9.17, 15) is 4.79 Å². The molecule has 0 bridgehead atoms. The number of nitrogens with one attached hydrogen (secondary N) is 1. The fourth-order valence-corrected chi connectivity index (χ4v) is 3.03. The van der Waals surface area contributed by atoms with Crippen molar-refractivity contribution >= 4 is 5.91 Å². The second kappa shape index (κ2) is 5.83. The van der Waals surface area contributed by atoms with Crippen LogP contribution < -0.4 is 11.1 Å².